The van der Waals surface area contributed by atoms with Gasteiger partial charge in [0.25, 0.3) is 0 Å². The van der Waals surface area contributed by atoms with Crippen LogP contribution in [0.5, 0.6) is 11.5 Å². The van der Waals surface area contributed by atoms with Crippen LogP contribution in [0.25, 0.3) is 16.9 Å². The van der Waals surface area contributed by atoms with Crippen molar-refractivity contribution < 1.29 is 9.47 Å². The molecule has 6 nitrogen and oxygen atoms in total. The van der Waals surface area contributed by atoms with Gasteiger partial charge in [-0.2, -0.15) is 9.61 Å². The SMILES string of the molecule is COc1ccc(CNc2cc(-c3cccc(OC)c3)nc3ccnn23)cc1. The highest BCUT2D eigenvalue weighted by molar-refractivity contribution is 5.67. The molecule has 4 aromatic rings. The van der Waals surface area contributed by atoms with E-state index in [-0.39, 0.29) is 0 Å². The zero-order chi connectivity index (χ0) is 18.6. The summed E-state index contributed by atoms with van der Waals surface area (Å²) in [7, 11) is 3.33. The second-order valence-electron chi connectivity index (χ2n) is 6.06. The normalized spacial score (nSPS) is 10.7. The lowest BCUT2D eigenvalue weighted by Crippen LogP contribution is -2.06. The van der Waals surface area contributed by atoms with E-state index < -0.39 is 0 Å². The van der Waals surface area contributed by atoms with Gasteiger partial charge in [-0.1, -0.05) is 24.3 Å². The number of hydrogen-bond donors (Lipinski definition) is 1. The predicted molar refractivity (Wildman–Crippen MR) is 105 cm³/mol. The van der Waals surface area contributed by atoms with Crippen LogP contribution < -0.4 is 14.8 Å². The van der Waals surface area contributed by atoms with Crippen LogP contribution >= 0.6 is 0 Å². The van der Waals surface area contributed by atoms with Crippen molar-refractivity contribution in [3.8, 4) is 22.8 Å². The van der Waals surface area contributed by atoms with E-state index in [1.807, 2.05) is 60.7 Å². The molecule has 0 amide bonds. The molecule has 0 aliphatic carbocycles. The molecule has 0 aliphatic heterocycles. The van der Waals surface area contributed by atoms with Crippen LogP contribution in [0.2, 0.25) is 0 Å². The van der Waals surface area contributed by atoms with Crippen LogP contribution in [0.4, 0.5) is 5.82 Å². The number of nitrogens with zero attached hydrogens (tertiary/aromatic N) is 3. The summed E-state index contributed by atoms with van der Waals surface area (Å²) < 4.78 is 12.3. The summed E-state index contributed by atoms with van der Waals surface area (Å²) in [6.45, 7) is 0.667. The Hall–Kier alpha value is -3.54. The fourth-order valence-corrected chi connectivity index (χ4v) is 2.91. The summed E-state index contributed by atoms with van der Waals surface area (Å²) in [5.41, 5.74) is 3.79. The van der Waals surface area contributed by atoms with Gasteiger partial charge in [-0.3, -0.25) is 0 Å². The molecule has 0 atom stereocenters. The van der Waals surface area contributed by atoms with Crippen molar-refractivity contribution >= 4 is 11.5 Å². The molecule has 0 radical (unpaired) electrons. The molecule has 2 aromatic carbocycles. The summed E-state index contributed by atoms with van der Waals surface area (Å²) in [4.78, 5) is 4.71. The van der Waals surface area contributed by atoms with Gasteiger partial charge < -0.3 is 14.8 Å². The first-order valence-electron chi connectivity index (χ1n) is 8.63. The quantitative estimate of drug-likeness (QED) is 0.563. The Morgan fingerprint density at radius 1 is 0.926 bits per heavy atom. The summed E-state index contributed by atoms with van der Waals surface area (Å²) in [6, 6.07) is 19.7. The van der Waals surface area contributed by atoms with E-state index >= 15 is 0 Å². The van der Waals surface area contributed by atoms with E-state index in [0.29, 0.717) is 6.54 Å². The van der Waals surface area contributed by atoms with Crippen molar-refractivity contribution in [2.75, 3.05) is 19.5 Å². The molecular weight excluding hydrogens is 340 g/mol. The second kappa shape index (κ2) is 7.37. The maximum absolute atomic E-state index is 5.33. The fourth-order valence-electron chi connectivity index (χ4n) is 2.91. The number of ether oxygens (including phenoxy) is 2. The van der Waals surface area contributed by atoms with Crippen LogP contribution in [0.1, 0.15) is 5.56 Å². The zero-order valence-corrected chi connectivity index (χ0v) is 15.2. The van der Waals surface area contributed by atoms with Crippen molar-refractivity contribution in [3.05, 3.63) is 72.4 Å². The van der Waals surface area contributed by atoms with E-state index in [1.165, 1.54) is 0 Å². The Bertz CT molecular complexity index is 1060. The molecule has 136 valence electrons. The third kappa shape index (κ3) is 3.55. The summed E-state index contributed by atoms with van der Waals surface area (Å²) in [5, 5.41) is 7.83. The molecule has 0 bridgehead atoms. The van der Waals surface area contributed by atoms with Crippen LogP contribution in [0, 0.1) is 0 Å². The number of anilines is 1. The highest BCUT2D eigenvalue weighted by Crippen LogP contribution is 2.25. The Balaban J connectivity index is 1.65. The molecule has 0 spiro atoms. The minimum Gasteiger partial charge on any atom is -0.497 e. The summed E-state index contributed by atoms with van der Waals surface area (Å²) in [5.74, 6) is 2.52. The zero-order valence-electron chi connectivity index (χ0n) is 15.2. The van der Waals surface area contributed by atoms with E-state index in [0.717, 1.165) is 39.8 Å². The Morgan fingerprint density at radius 3 is 2.52 bits per heavy atom. The number of fused-ring (bicyclic) bond motifs is 1. The van der Waals surface area contributed by atoms with Gasteiger partial charge in [0.15, 0.2) is 5.65 Å². The van der Waals surface area contributed by atoms with E-state index in [1.54, 1.807) is 24.9 Å². The average Bonchev–Trinajstić information content (AvgIpc) is 3.21. The first-order valence-corrected chi connectivity index (χ1v) is 8.63. The van der Waals surface area contributed by atoms with Gasteiger partial charge in [-0.15, -0.1) is 0 Å². The molecule has 0 fully saturated rings. The molecule has 1 N–H and O–H groups in total. The van der Waals surface area contributed by atoms with Crippen LogP contribution in [-0.2, 0) is 6.54 Å². The van der Waals surface area contributed by atoms with Gasteiger partial charge >= 0.3 is 0 Å². The molecule has 2 aromatic heterocycles. The van der Waals surface area contributed by atoms with Crippen molar-refractivity contribution in [1.29, 1.82) is 0 Å². The number of hydrogen-bond acceptors (Lipinski definition) is 5. The topological polar surface area (TPSA) is 60.7 Å². The number of nitrogens with one attached hydrogen (secondary N) is 1. The van der Waals surface area contributed by atoms with Gasteiger partial charge in [0.1, 0.15) is 17.3 Å². The second-order valence-corrected chi connectivity index (χ2v) is 6.06. The van der Waals surface area contributed by atoms with Gasteiger partial charge in [0.2, 0.25) is 0 Å². The maximum Gasteiger partial charge on any atom is 0.157 e. The lowest BCUT2D eigenvalue weighted by Gasteiger charge is -2.11. The summed E-state index contributed by atoms with van der Waals surface area (Å²) in [6.07, 6.45) is 1.75. The number of rotatable bonds is 6. The molecule has 0 saturated carbocycles. The smallest absolute Gasteiger partial charge is 0.157 e. The van der Waals surface area contributed by atoms with Crippen LogP contribution in [0.3, 0.4) is 0 Å². The third-order valence-corrected chi connectivity index (χ3v) is 4.36. The molecule has 0 unspecified atom stereocenters. The number of benzene rings is 2. The molecule has 2 heterocycles. The monoisotopic (exact) mass is 360 g/mol. The van der Waals surface area contributed by atoms with Gasteiger partial charge in [0.05, 0.1) is 26.1 Å². The van der Waals surface area contributed by atoms with E-state index in [4.69, 9.17) is 14.5 Å². The molecule has 6 heteroatoms. The Kier molecular flexibility index (Phi) is 4.61. The molecule has 4 rings (SSSR count). The largest absolute Gasteiger partial charge is 0.497 e. The lowest BCUT2D eigenvalue weighted by molar-refractivity contribution is 0.414. The summed E-state index contributed by atoms with van der Waals surface area (Å²) >= 11 is 0. The first kappa shape index (κ1) is 16.9. The Morgan fingerprint density at radius 2 is 1.74 bits per heavy atom. The Labute approximate surface area is 157 Å². The minimum absolute atomic E-state index is 0.667. The molecule has 0 aliphatic rings. The van der Waals surface area contributed by atoms with Crippen molar-refractivity contribution in [2.45, 2.75) is 6.54 Å². The van der Waals surface area contributed by atoms with Crippen molar-refractivity contribution in [3.63, 3.8) is 0 Å². The van der Waals surface area contributed by atoms with E-state index in [2.05, 4.69) is 10.4 Å². The number of aromatic nitrogens is 3. The highest BCUT2D eigenvalue weighted by atomic mass is 16.5. The number of methoxy groups -OCH3 is 2. The van der Waals surface area contributed by atoms with Crippen LogP contribution in [0.15, 0.2) is 66.9 Å². The minimum atomic E-state index is 0.667. The maximum atomic E-state index is 5.33. The first-order chi connectivity index (χ1) is 13.3. The average molecular weight is 360 g/mol. The van der Waals surface area contributed by atoms with Gasteiger partial charge in [0, 0.05) is 24.2 Å². The predicted octanol–water partition coefficient (Wildman–Crippen LogP) is 4.03. The molecule has 0 saturated heterocycles. The highest BCUT2D eigenvalue weighted by Gasteiger charge is 2.09. The van der Waals surface area contributed by atoms with E-state index in [9.17, 15) is 0 Å². The fraction of sp³-hybridized carbons (Fsp3) is 0.143. The van der Waals surface area contributed by atoms with Gasteiger partial charge in [-0.25, -0.2) is 4.98 Å². The van der Waals surface area contributed by atoms with Crippen molar-refractivity contribution in [2.24, 2.45) is 0 Å². The standard InChI is InChI=1S/C21H20N4O2/c1-26-17-8-6-15(7-9-17)14-22-21-13-19(24-20-10-11-23-25(20)21)16-4-3-5-18(12-16)27-2/h3-13,22H,14H2,1-2H3. The molecule has 27 heavy (non-hydrogen) atoms. The molecular formula is C21H20N4O2. The van der Waals surface area contributed by atoms with Gasteiger partial charge in [-0.05, 0) is 29.8 Å². The van der Waals surface area contributed by atoms with Crippen molar-refractivity contribution in [1.82, 2.24) is 14.6 Å². The lowest BCUT2D eigenvalue weighted by atomic mass is 10.1. The van der Waals surface area contributed by atoms with Crippen LogP contribution in [-0.4, -0.2) is 28.8 Å². The third-order valence-electron chi connectivity index (χ3n) is 4.36.